The molecule has 12 heavy (non-hydrogen) atoms. The number of methoxy groups -OCH3 is 2. The number of alkyl halides is 2. The van der Waals surface area contributed by atoms with Gasteiger partial charge in [-0.15, -0.1) is 0 Å². The van der Waals surface area contributed by atoms with Gasteiger partial charge in [0.2, 0.25) is 0 Å². The molecular weight excluding hydrogens is 191 g/mol. The zero-order valence-corrected chi connectivity index (χ0v) is 7.47. The number of carboxylic acid groups (broad SMARTS) is 1. The lowest BCUT2D eigenvalue weighted by Crippen LogP contribution is -2.33. The van der Waals surface area contributed by atoms with E-state index in [0.29, 0.717) is 0 Å². The highest BCUT2D eigenvalue weighted by molar-refractivity contribution is 6.32. The molecule has 1 N–H and O–H groups in total. The second-order valence-electron chi connectivity index (χ2n) is 2.11. The molecule has 1 unspecified atom stereocenters. The minimum atomic E-state index is -2.84. The molecule has 0 saturated heterocycles. The molecule has 4 nitrogen and oxygen atoms in total. The number of halogens is 2. The Kier molecular flexibility index (Phi) is 4.44. The van der Waals surface area contributed by atoms with E-state index in [1.807, 2.05) is 0 Å². The summed E-state index contributed by atoms with van der Waals surface area (Å²) >= 11 is 5.00. The van der Waals surface area contributed by atoms with Crippen molar-refractivity contribution in [2.75, 3.05) is 14.2 Å². The van der Waals surface area contributed by atoms with Crippen molar-refractivity contribution < 1.29 is 23.8 Å². The summed E-state index contributed by atoms with van der Waals surface area (Å²) in [5.74, 6) is -1.75. The molecule has 6 heteroatoms. The van der Waals surface area contributed by atoms with Gasteiger partial charge in [0.15, 0.2) is 6.29 Å². The van der Waals surface area contributed by atoms with E-state index in [9.17, 15) is 9.18 Å². The zero-order valence-electron chi connectivity index (χ0n) is 6.71. The maximum Gasteiger partial charge on any atom is 0.357 e. The van der Waals surface area contributed by atoms with E-state index >= 15 is 0 Å². The van der Waals surface area contributed by atoms with E-state index in [0.717, 1.165) is 0 Å². The lowest BCUT2D eigenvalue weighted by molar-refractivity contribution is -0.156. The predicted octanol–water partition coefficient (Wildman–Crippen LogP) is 0.985. The van der Waals surface area contributed by atoms with E-state index in [-0.39, 0.29) is 0 Å². The Hall–Kier alpha value is -0.390. The van der Waals surface area contributed by atoms with Gasteiger partial charge < -0.3 is 14.6 Å². The van der Waals surface area contributed by atoms with Crippen molar-refractivity contribution in [2.45, 2.75) is 17.8 Å². The molecule has 0 amide bonds. The topological polar surface area (TPSA) is 55.8 Å². The first-order chi connectivity index (χ1) is 5.44. The predicted molar refractivity (Wildman–Crippen MR) is 39.8 cm³/mol. The molecule has 0 aromatic carbocycles. The number of hydrogen-bond acceptors (Lipinski definition) is 3. The molecule has 0 heterocycles. The molecule has 0 rings (SSSR count). The summed E-state index contributed by atoms with van der Waals surface area (Å²) in [6, 6.07) is 0. The summed E-state index contributed by atoms with van der Waals surface area (Å²) in [5.41, 5.74) is 0. The fraction of sp³-hybridized carbons (Fsp3) is 0.833. The molecule has 0 bridgehead atoms. The Morgan fingerprint density at radius 1 is 1.67 bits per heavy atom. The third kappa shape index (κ3) is 3.34. The Balaban J connectivity index is 4.12. The van der Waals surface area contributed by atoms with Crippen LogP contribution < -0.4 is 0 Å². The zero-order chi connectivity index (χ0) is 9.78. The fourth-order valence-corrected chi connectivity index (χ4v) is 0.686. The number of aliphatic carboxylic acids is 1. The van der Waals surface area contributed by atoms with E-state index in [1.54, 1.807) is 0 Å². The summed E-state index contributed by atoms with van der Waals surface area (Å²) in [6.45, 7) is 0. The van der Waals surface area contributed by atoms with Crippen molar-refractivity contribution in [3.05, 3.63) is 0 Å². The molecule has 0 aliphatic heterocycles. The Bertz CT molecular complexity index is 158. The van der Waals surface area contributed by atoms with Crippen molar-refractivity contribution in [1.82, 2.24) is 0 Å². The minimum absolute atomic E-state index is 0.559. The van der Waals surface area contributed by atoms with Crippen LogP contribution >= 0.6 is 11.6 Å². The van der Waals surface area contributed by atoms with Gasteiger partial charge in [-0.2, -0.15) is 0 Å². The minimum Gasteiger partial charge on any atom is -0.478 e. The molecule has 72 valence electrons. The average Bonchev–Trinajstić information content (AvgIpc) is 2.00. The molecule has 0 fully saturated rings. The van der Waals surface area contributed by atoms with Crippen LogP contribution in [0.25, 0.3) is 0 Å². The van der Waals surface area contributed by atoms with Crippen molar-refractivity contribution in [3.8, 4) is 0 Å². The van der Waals surface area contributed by atoms with Gasteiger partial charge in [0, 0.05) is 14.2 Å². The Labute approximate surface area is 74.2 Å². The number of rotatable bonds is 5. The molecule has 0 radical (unpaired) electrons. The van der Waals surface area contributed by atoms with Crippen LogP contribution in [0.5, 0.6) is 0 Å². The SMILES string of the molecule is COC(CC(F)(Cl)C(=O)O)OC. The third-order valence-corrected chi connectivity index (χ3v) is 1.58. The van der Waals surface area contributed by atoms with E-state index < -0.39 is 23.8 Å². The van der Waals surface area contributed by atoms with Crippen LogP contribution in [0, 0.1) is 0 Å². The number of ether oxygens (including phenoxy) is 2. The first-order valence-electron chi connectivity index (χ1n) is 3.11. The van der Waals surface area contributed by atoms with Gasteiger partial charge in [0.1, 0.15) is 0 Å². The van der Waals surface area contributed by atoms with Crippen molar-refractivity contribution in [3.63, 3.8) is 0 Å². The van der Waals surface area contributed by atoms with Gasteiger partial charge >= 0.3 is 5.97 Å². The van der Waals surface area contributed by atoms with Crippen LogP contribution in [0.2, 0.25) is 0 Å². The first kappa shape index (κ1) is 11.6. The number of carboxylic acids is 1. The summed E-state index contributed by atoms with van der Waals surface area (Å²) < 4.78 is 22.0. The summed E-state index contributed by atoms with van der Waals surface area (Å²) in [4.78, 5) is 10.2. The fourth-order valence-electron chi connectivity index (χ4n) is 0.560. The second kappa shape index (κ2) is 4.59. The van der Waals surface area contributed by atoms with E-state index in [4.69, 9.17) is 16.7 Å². The Morgan fingerprint density at radius 2 is 2.08 bits per heavy atom. The second-order valence-corrected chi connectivity index (χ2v) is 2.71. The summed E-state index contributed by atoms with van der Waals surface area (Å²) in [7, 11) is 2.53. The van der Waals surface area contributed by atoms with Crippen LogP contribution in [0.3, 0.4) is 0 Å². The quantitative estimate of drug-likeness (QED) is 0.531. The molecule has 0 spiro atoms. The van der Waals surface area contributed by atoms with Crippen LogP contribution in [-0.4, -0.2) is 36.7 Å². The van der Waals surface area contributed by atoms with Gasteiger partial charge in [-0.3, -0.25) is 0 Å². The Morgan fingerprint density at radius 3 is 2.33 bits per heavy atom. The smallest absolute Gasteiger partial charge is 0.357 e. The maximum atomic E-state index is 12.8. The average molecular weight is 201 g/mol. The lowest BCUT2D eigenvalue weighted by Gasteiger charge is -2.18. The summed E-state index contributed by atoms with van der Waals surface area (Å²) in [6.07, 6.45) is -1.51. The highest BCUT2D eigenvalue weighted by Crippen LogP contribution is 2.24. The van der Waals surface area contributed by atoms with Gasteiger partial charge in [-0.05, 0) is 0 Å². The molecule has 1 atom stereocenters. The molecule has 0 saturated carbocycles. The normalized spacial score (nSPS) is 16.1. The molecular formula is C6H10ClFO4. The lowest BCUT2D eigenvalue weighted by atomic mass is 10.2. The van der Waals surface area contributed by atoms with Crippen molar-refractivity contribution in [1.29, 1.82) is 0 Å². The van der Waals surface area contributed by atoms with E-state index in [1.165, 1.54) is 14.2 Å². The molecule has 0 aliphatic rings. The van der Waals surface area contributed by atoms with Gasteiger partial charge in [0.05, 0.1) is 6.42 Å². The van der Waals surface area contributed by atoms with Gasteiger partial charge in [-0.25, -0.2) is 9.18 Å². The number of hydrogen-bond donors (Lipinski definition) is 1. The summed E-state index contributed by atoms with van der Waals surface area (Å²) in [5, 5.41) is 5.43. The molecule has 0 aromatic heterocycles. The van der Waals surface area contributed by atoms with Crippen molar-refractivity contribution in [2.24, 2.45) is 0 Å². The standard InChI is InChI=1S/C6H10ClFO4/c1-11-4(12-2)3-6(7,8)5(9)10/h4H,3H2,1-2H3,(H,9,10). The van der Waals surface area contributed by atoms with Crippen LogP contribution in [0.1, 0.15) is 6.42 Å². The molecule has 0 aromatic rings. The highest BCUT2D eigenvalue weighted by atomic mass is 35.5. The van der Waals surface area contributed by atoms with Crippen molar-refractivity contribution >= 4 is 17.6 Å². The number of carbonyl (C=O) groups is 1. The van der Waals surface area contributed by atoms with Crippen LogP contribution in [0.4, 0.5) is 4.39 Å². The largest absolute Gasteiger partial charge is 0.478 e. The maximum absolute atomic E-state index is 12.8. The monoisotopic (exact) mass is 200 g/mol. The van der Waals surface area contributed by atoms with Crippen LogP contribution in [0.15, 0.2) is 0 Å². The molecule has 0 aliphatic carbocycles. The third-order valence-electron chi connectivity index (χ3n) is 1.26. The van der Waals surface area contributed by atoms with Gasteiger partial charge in [-0.1, -0.05) is 11.6 Å². The van der Waals surface area contributed by atoms with Gasteiger partial charge in [0.25, 0.3) is 5.13 Å². The first-order valence-corrected chi connectivity index (χ1v) is 3.48. The highest BCUT2D eigenvalue weighted by Gasteiger charge is 2.39. The van der Waals surface area contributed by atoms with E-state index in [2.05, 4.69) is 9.47 Å². The van der Waals surface area contributed by atoms with Crippen LogP contribution in [-0.2, 0) is 14.3 Å².